The fourth-order valence-electron chi connectivity index (χ4n) is 11.6. The number of aliphatic hydroxyl groups is 6. The molecule has 11 heteroatoms. The van der Waals surface area contributed by atoms with Gasteiger partial charge in [0.2, 0.25) is 5.60 Å². The quantitative estimate of drug-likeness (QED) is 0.174. The summed E-state index contributed by atoms with van der Waals surface area (Å²) in [6, 6.07) is 6.88. The third-order valence-corrected chi connectivity index (χ3v) is 14.4. The van der Waals surface area contributed by atoms with Crippen molar-refractivity contribution in [3.63, 3.8) is 0 Å². The van der Waals surface area contributed by atoms with Gasteiger partial charge in [0.25, 0.3) is 0 Å². The molecule has 0 radical (unpaired) electrons. The Kier molecular flexibility index (Phi) is 11.1. The number of methoxy groups -OCH3 is 1. The van der Waals surface area contributed by atoms with Crippen molar-refractivity contribution in [1.82, 2.24) is 0 Å². The molecule has 3 unspecified atom stereocenters. The predicted molar refractivity (Wildman–Crippen MR) is 177 cm³/mol. The number of benzene rings is 1. The molecule has 49 heavy (non-hydrogen) atoms. The highest BCUT2D eigenvalue weighted by Gasteiger charge is 2.67. The first kappa shape index (κ1) is 38.9. The molecule has 280 valence electrons. The SMILES string of the molecule is CO[C@](c1ccccc1)(C(O)O[C@@](CO)(CC[C@@H](C)[C@H]1C[C@@H](O)C2[C@@H]3C[C@H](O)C4[C@@H](O)[C@@H](O)CC[C@]4(C)[C@H]3CC[C@@]21C)C(C)C)C(F)(F)F. The lowest BCUT2D eigenvalue weighted by atomic mass is 9.43. The van der Waals surface area contributed by atoms with E-state index in [0.717, 1.165) is 20.0 Å². The summed E-state index contributed by atoms with van der Waals surface area (Å²) < 4.78 is 55.3. The smallest absolute Gasteiger partial charge is 0.393 e. The molecule has 15 atom stereocenters. The van der Waals surface area contributed by atoms with Gasteiger partial charge in [-0.05, 0) is 103 Å². The number of halogens is 3. The molecular weight excluding hydrogens is 641 g/mol. The van der Waals surface area contributed by atoms with Crippen molar-refractivity contribution in [2.24, 2.45) is 52.3 Å². The van der Waals surface area contributed by atoms with Crippen LogP contribution in [0.3, 0.4) is 0 Å². The number of rotatable bonds is 11. The molecule has 0 aromatic heterocycles. The number of fused-ring (bicyclic) bond motifs is 5. The van der Waals surface area contributed by atoms with Gasteiger partial charge in [0.1, 0.15) is 0 Å². The second-order valence-corrected chi connectivity index (χ2v) is 16.8. The Bertz CT molecular complexity index is 1270. The summed E-state index contributed by atoms with van der Waals surface area (Å²) in [6.07, 6.45) is -6.14. The maximum absolute atomic E-state index is 14.8. The summed E-state index contributed by atoms with van der Waals surface area (Å²) in [7, 11) is 0.883. The maximum Gasteiger partial charge on any atom is 0.426 e. The fraction of sp³-hybridized carbons (Fsp3) is 0.842. The van der Waals surface area contributed by atoms with Crippen LogP contribution in [0, 0.1) is 52.3 Å². The molecule has 8 nitrogen and oxygen atoms in total. The molecule has 0 saturated heterocycles. The van der Waals surface area contributed by atoms with Crippen molar-refractivity contribution >= 4 is 0 Å². The average molecular weight is 701 g/mol. The van der Waals surface area contributed by atoms with Gasteiger partial charge in [0, 0.05) is 13.0 Å². The van der Waals surface area contributed by atoms with Crippen molar-refractivity contribution in [3.05, 3.63) is 35.9 Å². The lowest BCUT2D eigenvalue weighted by Crippen LogP contribution is -2.63. The second kappa shape index (κ2) is 13.9. The van der Waals surface area contributed by atoms with E-state index in [9.17, 15) is 43.8 Å². The molecule has 0 amide bonds. The number of ether oxygens (including phenoxy) is 2. The lowest BCUT2D eigenvalue weighted by Gasteiger charge is -2.63. The number of aliphatic hydroxyl groups excluding tert-OH is 6. The molecule has 4 fully saturated rings. The van der Waals surface area contributed by atoms with Crippen molar-refractivity contribution in [1.29, 1.82) is 0 Å². The van der Waals surface area contributed by atoms with Gasteiger partial charge in [-0.15, -0.1) is 0 Å². The molecule has 1 aromatic rings. The topological polar surface area (TPSA) is 140 Å². The van der Waals surface area contributed by atoms with Crippen LogP contribution in [0.5, 0.6) is 0 Å². The fourth-order valence-corrected chi connectivity index (χ4v) is 11.6. The van der Waals surface area contributed by atoms with E-state index in [1.54, 1.807) is 19.9 Å². The minimum absolute atomic E-state index is 0.000890. The summed E-state index contributed by atoms with van der Waals surface area (Å²) in [5.74, 6) is -0.627. The Labute approximate surface area is 289 Å². The predicted octanol–water partition coefficient (Wildman–Crippen LogP) is 5.16. The van der Waals surface area contributed by atoms with Gasteiger partial charge in [-0.1, -0.05) is 65.0 Å². The van der Waals surface area contributed by atoms with Crippen molar-refractivity contribution in [3.8, 4) is 0 Å². The third kappa shape index (κ3) is 6.19. The first-order valence-corrected chi connectivity index (χ1v) is 18.2. The summed E-state index contributed by atoms with van der Waals surface area (Å²) in [4.78, 5) is 0. The highest BCUT2D eigenvalue weighted by molar-refractivity contribution is 5.26. The number of alkyl halides is 3. The number of hydrogen-bond acceptors (Lipinski definition) is 8. The normalized spacial score (nSPS) is 41.6. The van der Waals surface area contributed by atoms with E-state index in [0.29, 0.717) is 32.1 Å². The van der Waals surface area contributed by atoms with Crippen LogP contribution in [0.1, 0.15) is 91.5 Å². The molecule has 4 aliphatic rings. The molecule has 0 heterocycles. The second-order valence-electron chi connectivity index (χ2n) is 16.8. The van der Waals surface area contributed by atoms with Gasteiger partial charge < -0.3 is 40.1 Å². The molecule has 5 rings (SSSR count). The van der Waals surface area contributed by atoms with Crippen LogP contribution in [-0.2, 0) is 15.1 Å². The van der Waals surface area contributed by atoms with Crippen LogP contribution >= 0.6 is 0 Å². The summed E-state index contributed by atoms with van der Waals surface area (Å²) in [5, 5.41) is 66.4. The van der Waals surface area contributed by atoms with E-state index in [1.165, 1.54) is 24.3 Å². The first-order chi connectivity index (χ1) is 22.8. The van der Waals surface area contributed by atoms with Crippen LogP contribution in [0.25, 0.3) is 0 Å². The molecule has 4 aliphatic carbocycles. The Morgan fingerprint density at radius 3 is 2.06 bits per heavy atom. The van der Waals surface area contributed by atoms with Crippen molar-refractivity contribution in [2.45, 2.75) is 134 Å². The Balaban J connectivity index is 1.36. The molecule has 6 N–H and O–H groups in total. The minimum atomic E-state index is -5.05. The van der Waals surface area contributed by atoms with Gasteiger partial charge in [-0.25, -0.2) is 0 Å². The van der Waals surface area contributed by atoms with Gasteiger partial charge in [-0.3, -0.25) is 0 Å². The van der Waals surface area contributed by atoms with Crippen LogP contribution in [0.15, 0.2) is 30.3 Å². The van der Waals surface area contributed by atoms with E-state index >= 15 is 0 Å². The lowest BCUT2D eigenvalue weighted by molar-refractivity contribution is -0.373. The molecule has 0 aliphatic heterocycles. The van der Waals surface area contributed by atoms with E-state index in [1.807, 2.05) is 0 Å². The average Bonchev–Trinajstić information content (AvgIpc) is 3.31. The molecule has 0 spiro atoms. The van der Waals surface area contributed by atoms with Gasteiger partial charge in [0.15, 0.2) is 6.29 Å². The van der Waals surface area contributed by atoms with E-state index < -0.39 is 66.5 Å². The maximum atomic E-state index is 14.8. The largest absolute Gasteiger partial charge is 0.426 e. The van der Waals surface area contributed by atoms with Gasteiger partial charge in [0.05, 0.1) is 36.6 Å². The zero-order valence-corrected chi connectivity index (χ0v) is 29.8. The Morgan fingerprint density at radius 2 is 1.49 bits per heavy atom. The van der Waals surface area contributed by atoms with E-state index in [2.05, 4.69) is 20.8 Å². The van der Waals surface area contributed by atoms with Gasteiger partial charge in [-0.2, -0.15) is 13.2 Å². The van der Waals surface area contributed by atoms with Crippen LogP contribution < -0.4 is 0 Å². The summed E-state index contributed by atoms with van der Waals surface area (Å²) in [5.41, 5.74) is -5.63. The highest BCUT2D eigenvalue weighted by Crippen LogP contribution is 2.68. The van der Waals surface area contributed by atoms with Gasteiger partial charge >= 0.3 is 6.18 Å². The molecular formula is C38H59F3O8. The zero-order valence-electron chi connectivity index (χ0n) is 29.8. The van der Waals surface area contributed by atoms with Crippen molar-refractivity contribution < 1.29 is 53.3 Å². The first-order valence-electron chi connectivity index (χ1n) is 18.2. The van der Waals surface area contributed by atoms with Crippen LogP contribution in [0.2, 0.25) is 0 Å². The van der Waals surface area contributed by atoms with Crippen LogP contribution in [0.4, 0.5) is 13.2 Å². The van der Waals surface area contributed by atoms with Crippen LogP contribution in [-0.4, -0.2) is 86.8 Å². The number of hydrogen-bond donors (Lipinski definition) is 6. The van der Waals surface area contributed by atoms with E-state index in [-0.39, 0.29) is 52.4 Å². The monoisotopic (exact) mass is 700 g/mol. The molecule has 4 saturated carbocycles. The van der Waals surface area contributed by atoms with Crippen molar-refractivity contribution in [2.75, 3.05) is 13.7 Å². The Hall–Kier alpha value is -1.31. The zero-order chi connectivity index (χ0) is 36.3. The standard InChI is InChI=1S/C38H59F3O8/c1-21(2)36(20-42,49-33(47)37(48-6,38(39,40)41)23-10-8-7-9-11-23)17-12-22(3)26-19-29(45)30-24-18-28(44)31-32(46)27(43)14-16-34(31,4)25(24)13-15-35(26,30)5/h7-11,21-22,24-33,42-47H,12-20H2,1-6H3/t22-,24-,25+,26-,27+,28+,29-,30?,31?,32+,33?,34-,35-,36-,37-/m1/s1. The molecule has 0 bridgehead atoms. The summed E-state index contributed by atoms with van der Waals surface area (Å²) in [6.45, 7) is 9.33. The Morgan fingerprint density at radius 1 is 0.878 bits per heavy atom. The minimum Gasteiger partial charge on any atom is -0.393 e. The summed E-state index contributed by atoms with van der Waals surface area (Å²) >= 11 is 0. The third-order valence-electron chi connectivity index (χ3n) is 14.4. The van der Waals surface area contributed by atoms with E-state index in [4.69, 9.17) is 9.47 Å². The molecule has 1 aromatic carbocycles. The highest BCUT2D eigenvalue weighted by atomic mass is 19.4.